The first-order valence-electron chi connectivity index (χ1n) is 5.84. The van der Waals surface area contributed by atoms with E-state index < -0.39 is 0 Å². The number of ether oxygens (including phenoxy) is 1. The number of rotatable bonds is 7. The summed E-state index contributed by atoms with van der Waals surface area (Å²) in [6.45, 7) is 5.07. The summed E-state index contributed by atoms with van der Waals surface area (Å²) in [7, 11) is 0. The minimum absolute atomic E-state index is 0.0112. The van der Waals surface area contributed by atoms with Crippen molar-refractivity contribution in [3.63, 3.8) is 0 Å². The van der Waals surface area contributed by atoms with E-state index >= 15 is 0 Å². The van der Waals surface area contributed by atoms with Crippen LogP contribution in [0, 0.1) is 11.8 Å². The molecule has 0 bridgehead atoms. The molecule has 0 radical (unpaired) electrons. The maximum Gasteiger partial charge on any atom is 0.306 e. The van der Waals surface area contributed by atoms with E-state index in [0.717, 1.165) is 12.3 Å². The Morgan fingerprint density at radius 3 is 2.64 bits per heavy atom. The predicted octanol–water partition coefficient (Wildman–Crippen LogP) is 3.16. The van der Waals surface area contributed by atoms with Gasteiger partial charge in [-0.05, 0) is 37.5 Å². The second kappa shape index (κ2) is 6.05. The highest BCUT2D eigenvalue weighted by atomic mass is 16.5. The summed E-state index contributed by atoms with van der Waals surface area (Å²) in [6.07, 6.45) is 6.54. The molecule has 0 N–H and O–H groups in total. The van der Waals surface area contributed by atoms with Crippen LogP contribution in [0.5, 0.6) is 0 Å². The van der Waals surface area contributed by atoms with Gasteiger partial charge in [-0.1, -0.05) is 20.3 Å². The molecule has 0 spiro atoms. The summed E-state index contributed by atoms with van der Waals surface area (Å²) in [5.41, 5.74) is 0. The summed E-state index contributed by atoms with van der Waals surface area (Å²) >= 11 is 0. The molecule has 0 aromatic rings. The van der Waals surface area contributed by atoms with Crippen LogP contribution in [0.25, 0.3) is 0 Å². The van der Waals surface area contributed by atoms with Crippen LogP contribution in [0.2, 0.25) is 0 Å². The third-order valence-corrected chi connectivity index (χ3v) is 2.59. The summed E-state index contributed by atoms with van der Waals surface area (Å²) < 4.78 is 5.14. The van der Waals surface area contributed by atoms with E-state index in [1.807, 2.05) is 0 Å². The molecule has 0 unspecified atom stereocenters. The number of esters is 1. The molecule has 1 aliphatic rings. The van der Waals surface area contributed by atoms with E-state index in [9.17, 15) is 4.79 Å². The van der Waals surface area contributed by atoms with Crippen molar-refractivity contribution in [1.82, 2.24) is 0 Å². The second-order valence-electron chi connectivity index (χ2n) is 4.76. The van der Waals surface area contributed by atoms with Gasteiger partial charge < -0.3 is 4.74 Å². The van der Waals surface area contributed by atoms with Crippen molar-refractivity contribution in [2.45, 2.75) is 52.4 Å². The Kier molecular flexibility index (Phi) is 4.99. The molecule has 14 heavy (non-hydrogen) atoms. The minimum atomic E-state index is 0.0112. The summed E-state index contributed by atoms with van der Waals surface area (Å²) in [5, 5.41) is 0. The molecule has 0 amide bonds. The molecule has 0 aliphatic heterocycles. The van der Waals surface area contributed by atoms with Crippen LogP contribution < -0.4 is 0 Å². The lowest BCUT2D eigenvalue weighted by Crippen LogP contribution is -2.06. The molecule has 1 aliphatic carbocycles. The molecule has 0 saturated heterocycles. The standard InChI is InChI=1S/C12H22O2/c1-10(2)5-3-4-8-14-12(13)9-11-6-7-11/h10-11H,3-9H2,1-2H3. The highest BCUT2D eigenvalue weighted by molar-refractivity contribution is 5.69. The Balaban J connectivity index is 1.84. The van der Waals surface area contributed by atoms with E-state index in [4.69, 9.17) is 4.74 Å². The van der Waals surface area contributed by atoms with Crippen molar-refractivity contribution in [3.05, 3.63) is 0 Å². The van der Waals surface area contributed by atoms with Gasteiger partial charge in [0.05, 0.1) is 6.61 Å². The Morgan fingerprint density at radius 2 is 2.07 bits per heavy atom. The predicted molar refractivity (Wildman–Crippen MR) is 57.0 cm³/mol. The summed E-state index contributed by atoms with van der Waals surface area (Å²) in [4.78, 5) is 11.2. The molecule has 1 fully saturated rings. The Hall–Kier alpha value is -0.530. The van der Waals surface area contributed by atoms with Gasteiger partial charge in [0.1, 0.15) is 0 Å². The molecular formula is C12H22O2. The minimum Gasteiger partial charge on any atom is -0.466 e. The topological polar surface area (TPSA) is 26.3 Å². The second-order valence-corrected chi connectivity index (χ2v) is 4.76. The third-order valence-electron chi connectivity index (χ3n) is 2.59. The quantitative estimate of drug-likeness (QED) is 0.464. The van der Waals surface area contributed by atoms with Crippen molar-refractivity contribution in [2.24, 2.45) is 11.8 Å². The third kappa shape index (κ3) is 6.01. The van der Waals surface area contributed by atoms with E-state index in [0.29, 0.717) is 18.9 Å². The SMILES string of the molecule is CC(C)CCCCOC(=O)CC1CC1. The maximum atomic E-state index is 11.2. The number of carbonyl (C=O) groups excluding carboxylic acids is 1. The fourth-order valence-corrected chi connectivity index (χ4v) is 1.46. The van der Waals surface area contributed by atoms with Gasteiger partial charge in [0.25, 0.3) is 0 Å². The molecule has 0 heterocycles. The number of hydrogen-bond acceptors (Lipinski definition) is 2. The molecule has 1 saturated carbocycles. The van der Waals surface area contributed by atoms with Gasteiger partial charge in [0, 0.05) is 6.42 Å². The van der Waals surface area contributed by atoms with Gasteiger partial charge in [0.2, 0.25) is 0 Å². The molecule has 1 rings (SSSR count). The van der Waals surface area contributed by atoms with Crippen molar-refractivity contribution >= 4 is 5.97 Å². The van der Waals surface area contributed by atoms with Gasteiger partial charge in [-0.3, -0.25) is 4.79 Å². The number of unbranched alkanes of at least 4 members (excludes halogenated alkanes) is 1. The van der Waals surface area contributed by atoms with Gasteiger partial charge in [-0.25, -0.2) is 0 Å². The summed E-state index contributed by atoms with van der Waals surface area (Å²) in [6, 6.07) is 0. The van der Waals surface area contributed by atoms with E-state index in [1.165, 1.54) is 25.7 Å². The molecule has 0 aromatic carbocycles. The van der Waals surface area contributed by atoms with Crippen molar-refractivity contribution in [2.75, 3.05) is 6.61 Å². The average molecular weight is 198 g/mol. The maximum absolute atomic E-state index is 11.2. The van der Waals surface area contributed by atoms with Gasteiger partial charge in [-0.15, -0.1) is 0 Å². The van der Waals surface area contributed by atoms with Crippen LogP contribution in [-0.2, 0) is 9.53 Å². The normalized spacial score (nSPS) is 15.9. The first kappa shape index (κ1) is 11.5. The van der Waals surface area contributed by atoms with Crippen molar-refractivity contribution in [3.8, 4) is 0 Å². The zero-order chi connectivity index (χ0) is 10.4. The van der Waals surface area contributed by atoms with E-state index in [-0.39, 0.29) is 5.97 Å². The summed E-state index contributed by atoms with van der Waals surface area (Å²) in [5.74, 6) is 1.42. The van der Waals surface area contributed by atoms with Crippen LogP contribution in [0.3, 0.4) is 0 Å². The van der Waals surface area contributed by atoms with E-state index in [1.54, 1.807) is 0 Å². The van der Waals surface area contributed by atoms with Crippen molar-refractivity contribution < 1.29 is 9.53 Å². The van der Waals surface area contributed by atoms with Crippen LogP contribution in [-0.4, -0.2) is 12.6 Å². The zero-order valence-corrected chi connectivity index (χ0v) is 9.42. The fraction of sp³-hybridized carbons (Fsp3) is 0.917. The molecule has 0 atom stereocenters. The van der Waals surface area contributed by atoms with Crippen molar-refractivity contribution in [1.29, 1.82) is 0 Å². The van der Waals surface area contributed by atoms with Crippen LogP contribution in [0.15, 0.2) is 0 Å². The fourth-order valence-electron chi connectivity index (χ4n) is 1.46. The Bertz CT molecular complexity index is 171. The van der Waals surface area contributed by atoms with Crippen LogP contribution >= 0.6 is 0 Å². The van der Waals surface area contributed by atoms with Gasteiger partial charge >= 0.3 is 5.97 Å². The molecule has 82 valence electrons. The average Bonchev–Trinajstić information content (AvgIpc) is 2.87. The highest BCUT2D eigenvalue weighted by Crippen LogP contribution is 2.32. The molecule has 2 nitrogen and oxygen atoms in total. The lowest BCUT2D eigenvalue weighted by Gasteiger charge is -2.05. The van der Waals surface area contributed by atoms with E-state index in [2.05, 4.69) is 13.8 Å². The lowest BCUT2D eigenvalue weighted by molar-refractivity contribution is -0.144. The van der Waals surface area contributed by atoms with Crippen LogP contribution in [0.4, 0.5) is 0 Å². The van der Waals surface area contributed by atoms with Crippen LogP contribution in [0.1, 0.15) is 52.4 Å². The molecule has 2 heteroatoms. The molecule has 0 aromatic heterocycles. The highest BCUT2D eigenvalue weighted by Gasteiger charge is 2.24. The monoisotopic (exact) mass is 198 g/mol. The Labute approximate surface area is 87.0 Å². The Morgan fingerprint density at radius 1 is 1.36 bits per heavy atom. The zero-order valence-electron chi connectivity index (χ0n) is 9.42. The number of hydrogen-bond donors (Lipinski definition) is 0. The lowest BCUT2D eigenvalue weighted by atomic mass is 10.1. The first-order valence-corrected chi connectivity index (χ1v) is 5.84. The smallest absolute Gasteiger partial charge is 0.306 e. The van der Waals surface area contributed by atoms with Gasteiger partial charge in [0.15, 0.2) is 0 Å². The van der Waals surface area contributed by atoms with Gasteiger partial charge in [-0.2, -0.15) is 0 Å². The molecular weight excluding hydrogens is 176 g/mol. The number of carbonyl (C=O) groups is 1. The largest absolute Gasteiger partial charge is 0.466 e. The first-order chi connectivity index (χ1) is 6.68.